The maximum Gasteiger partial charge on any atom is 0.169 e. The van der Waals surface area contributed by atoms with E-state index < -0.39 is 0 Å². The van der Waals surface area contributed by atoms with Crippen LogP contribution in [0.3, 0.4) is 0 Å². The van der Waals surface area contributed by atoms with Gasteiger partial charge in [-0.15, -0.1) is 0 Å². The molecule has 2 N–H and O–H groups in total. The topological polar surface area (TPSA) is 51.6 Å². The van der Waals surface area contributed by atoms with Gasteiger partial charge in [-0.1, -0.05) is 18.6 Å². The highest BCUT2D eigenvalue weighted by Crippen LogP contribution is 2.33. The highest BCUT2D eigenvalue weighted by molar-refractivity contribution is 5.85. The van der Waals surface area contributed by atoms with Crippen LogP contribution >= 0.6 is 0 Å². The minimum atomic E-state index is 0.368. The third-order valence-electron chi connectivity index (χ3n) is 4.42. The zero-order valence-electron chi connectivity index (χ0n) is 12.7. The summed E-state index contributed by atoms with van der Waals surface area (Å²) in [6.45, 7) is 2.28. The molecule has 2 heterocycles. The van der Waals surface area contributed by atoms with Gasteiger partial charge in [-0.25, -0.2) is 0 Å². The molecule has 0 spiro atoms. The van der Waals surface area contributed by atoms with Crippen molar-refractivity contribution < 1.29 is 9.15 Å². The Balaban J connectivity index is 1.67. The largest absolute Gasteiger partial charge is 0.489 e. The average molecular weight is 288 g/mol. The number of ether oxygens (including phenoxy) is 1. The van der Waals surface area contributed by atoms with Gasteiger partial charge < -0.3 is 19.8 Å². The van der Waals surface area contributed by atoms with Crippen molar-refractivity contribution in [3.8, 4) is 5.75 Å². The molecule has 1 unspecified atom stereocenters. The molecular weight excluding hydrogens is 264 g/mol. The molecule has 21 heavy (non-hydrogen) atoms. The third-order valence-corrected chi connectivity index (χ3v) is 4.42. The van der Waals surface area contributed by atoms with Crippen molar-refractivity contribution in [3.63, 3.8) is 0 Å². The summed E-state index contributed by atoms with van der Waals surface area (Å²) in [5, 5.41) is 1.02. The molecule has 1 aliphatic rings. The van der Waals surface area contributed by atoms with E-state index in [0.29, 0.717) is 19.2 Å². The van der Waals surface area contributed by atoms with Gasteiger partial charge >= 0.3 is 0 Å². The number of nitrogens with two attached hydrogens (primary N) is 1. The van der Waals surface area contributed by atoms with Crippen LogP contribution < -0.4 is 10.5 Å². The second-order valence-electron chi connectivity index (χ2n) is 5.82. The Morgan fingerprint density at radius 1 is 1.33 bits per heavy atom. The van der Waals surface area contributed by atoms with Crippen LogP contribution in [0.4, 0.5) is 0 Å². The van der Waals surface area contributed by atoms with Crippen LogP contribution in [0.25, 0.3) is 11.0 Å². The number of piperidine rings is 1. The van der Waals surface area contributed by atoms with Crippen molar-refractivity contribution in [2.24, 2.45) is 5.73 Å². The number of furan rings is 1. The van der Waals surface area contributed by atoms with E-state index in [9.17, 15) is 0 Å². The summed E-state index contributed by atoms with van der Waals surface area (Å²) in [7, 11) is 2.21. The van der Waals surface area contributed by atoms with Crippen LogP contribution in [0.1, 0.15) is 31.4 Å². The van der Waals surface area contributed by atoms with E-state index in [-0.39, 0.29) is 0 Å². The lowest BCUT2D eigenvalue weighted by Crippen LogP contribution is -2.37. The monoisotopic (exact) mass is 288 g/mol. The predicted molar refractivity (Wildman–Crippen MR) is 84.5 cm³/mol. The highest BCUT2D eigenvalue weighted by Gasteiger charge is 2.20. The Bertz CT molecular complexity index is 593. The van der Waals surface area contributed by atoms with Gasteiger partial charge in [-0.05, 0) is 45.0 Å². The van der Waals surface area contributed by atoms with Crippen LogP contribution in [0.2, 0.25) is 0 Å². The van der Waals surface area contributed by atoms with Gasteiger partial charge in [-0.3, -0.25) is 0 Å². The van der Waals surface area contributed by atoms with Crippen LogP contribution in [-0.4, -0.2) is 31.1 Å². The Kier molecular flexibility index (Phi) is 4.46. The van der Waals surface area contributed by atoms with Gasteiger partial charge in [0.1, 0.15) is 5.58 Å². The molecule has 4 nitrogen and oxygen atoms in total. The summed E-state index contributed by atoms with van der Waals surface area (Å²) < 4.78 is 11.8. The maximum absolute atomic E-state index is 6.03. The summed E-state index contributed by atoms with van der Waals surface area (Å²) in [6.07, 6.45) is 4.98. The van der Waals surface area contributed by atoms with Gasteiger partial charge in [0.15, 0.2) is 11.5 Å². The molecule has 0 saturated carbocycles. The first-order valence-electron chi connectivity index (χ1n) is 7.83. The lowest BCUT2D eigenvalue weighted by Gasteiger charge is -2.32. The highest BCUT2D eigenvalue weighted by atomic mass is 16.5. The molecule has 2 aromatic rings. The predicted octanol–water partition coefficient (Wildman–Crippen LogP) is 3.14. The summed E-state index contributed by atoms with van der Waals surface area (Å²) in [4.78, 5) is 2.45. The van der Waals surface area contributed by atoms with Gasteiger partial charge in [0.2, 0.25) is 0 Å². The summed E-state index contributed by atoms with van der Waals surface area (Å²) in [5.74, 6) is 1.57. The lowest BCUT2D eigenvalue weighted by molar-refractivity contribution is 0.152. The van der Waals surface area contributed by atoms with Crippen molar-refractivity contribution in [2.45, 2.75) is 38.3 Å². The zero-order chi connectivity index (χ0) is 14.7. The van der Waals surface area contributed by atoms with Crippen molar-refractivity contribution in [3.05, 3.63) is 30.0 Å². The first-order valence-corrected chi connectivity index (χ1v) is 7.83. The van der Waals surface area contributed by atoms with E-state index in [1.54, 1.807) is 0 Å². The summed E-state index contributed by atoms with van der Waals surface area (Å²) in [5.41, 5.74) is 6.62. The van der Waals surface area contributed by atoms with Crippen LogP contribution in [0.5, 0.6) is 5.75 Å². The second kappa shape index (κ2) is 6.50. The van der Waals surface area contributed by atoms with Gasteiger partial charge in [0.25, 0.3) is 0 Å². The fourth-order valence-corrected chi connectivity index (χ4v) is 3.17. The number of likely N-dealkylation sites (tertiary alicyclic amines) is 1. The van der Waals surface area contributed by atoms with Crippen LogP contribution in [0, 0.1) is 0 Å². The maximum atomic E-state index is 6.03. The minimum absolute atomic E-state index is 0.368. The first-order chi connectivity index (χ1) is 10.3. The van der Waals surface area contributed by atoms with Gasteiger partial charge in [0, 0.05) is 6.04 Å². The number of fused-ring (bicyclic) bond motifs is 1. The fraction of sp³-hybridized carbons (Fsp3) is 0.529. The molecule has 114 valence electrons. The number of rotatable bonds is 5. The quantitative estimate of drug-likeness (QED) is 0.918. The molecule has 0 aliphatic carbocycles. The van der Waals surface area contributed by atoms with E-state index in [2.05, 4.69) is 11.9 Å². The van der Waals surface area contributed by atoms with Crippen molar-refractivity contribution in [2.75, 3.05) is 20.2 Å². The van der Waals surface area contributed by atoms with Crippen molar-refractivity contribution in [1.29, 1.82) is 0 Å². The Morgan fingerprint density at radius 3 is 3.00 bits per heavy atom. The molecule has 1 aromatic carbocycles. The normalized spacial score (nSPS) is 20.0. The van der Waals surface area contributed by atoms with E-state index in [0.717, 1.165) is 28.9 Å². The van der Waals surface area contributed by atoms with Crippen molar-refractivity contribution in [1.82, 2.24) is 4.90 Å². The van der Waals surface area contributed by atoms with E-state index >= 15 is 0 Å². The van der Waals surface area contributed by atoms with E-state index in [1.807, 2.05) is 24.3 Å². The number of nitrogens with zero attached hydrogens (tertiary/aromatic N) is 1. The van der Waals surface area contributed by atoms with E-state index in [1.165, 1.54) is 25.8 Å². The van der Waals surface area contributed by atoms with Gasteiger partial charge in [0.05, 0.1) is 18.5 Å². The molecule has 0 bridgehead atoms. The minimum Gasteiger partial charge on any atom is -0.489 e. The lowest BCUT2D eigenvalue weighted by atomic mass is 10.0. The molecule has 4 heteroatoms. The summed E-state index contributed by atoms with van der Waals surface area (Å²) >= 11 is 0. The first kappa shape index (κ1) is 14.4. The molecule has 1 fully saturated rings. The van der Waals surface area contributed by atoms with Crippen molar-refractivity contribution >= 4 is 11.0 Å². The average Bonchev–Trinajstić information content (AvgIpc) is 2.87. The Labute approximate surface area is 125 Å². The third kappa shape index (κ3) is 3.06. The molecule has 0 radical (unpaired) electrons. The van der Waals surface area contributed by atoms with Crippen LogP contribution in [-0.2, 0) is 6.54 Å². The van der Waals surface area contributed by atoms with Crippen LogP contribution in [0.15, 0.2) is 28.7 Å². The molecule has 1 aromatic heterocycles. The molecular formula is C17H24N2O2. The molecule has 0 amide bonds. The number of hydrogen-bond acceptors (Lipinski definition) is 4. The second-order valence-corrected chi connectivity index (χ2v) is 5.82. The molecule has 1 atom stereocenters. The smallest absolute Gasteiger partial charge is 0.169 e. The Morgan fingerprint density at radius 2 is 2.19 bits per heavy atom. The number of hydrogen-bond donors (Lipinski definition) is 1. The Hall–Kier alpha value is -1.52. The SMILES string of the molecule is CN1CCCCC1CCOc1c(CN)oc2ccccc12. The zero-order valence-corrected chi connectivity index (χ0v) is 12.7. The van der Waals surface area contributed by atoms with Gasteiger partial charge in [-0.2, -0.15) is 0 Å². The molecule has 1 aliphatic heterocycles. The standard InChI is InChI=1S/C17H24N2O2/c1-19-10-5-4-6-13(19)9-11-20-17-14-7-2-3-8-15(14)21-16(17)12-18/h2-3,7-8,13H,4-6,9-12,18H2,1H3. The number of benzene rings is 1. The van der Waals surface area contributed by atoms with E-state index in [4.69, 9.17) is 14.9 Å². The molecule has 3 rings (SSSR count). The molecule has 1 saturated heterocycles. The number of para-hydroxylation sites is 1. The summed E-state index contributed by atoms with van der Waals surface area (Å²) in [6, 6.07) is 8.58. The fourth-order valence-electron chi connectivity index (χ4n) is 3.17.